The molecule has 2 fully saturated rings. The summed E-state index contributed by atoms with van der Waals surface area (Å²) in [5, 5.41) is 4.59. The lowest BCUT2D eigenvalue weighted by molar-refractivity contribution is -0.137. The zero-order valence-corrected chi connectivity index (χ0v) is 26.6. The Balaban J connectivity index is 1.46. The van der Waals surface area contributed by atoms with Crippen LogP contribution >= 0.6 is 23.8 Å². The van der Waals surface area contributed by atoms with Crippen LogP contribution in [0.2, 0.25) is 5.02 Å². The number of halogens is 4. The van der Waals surface area contributed by atoms with Gasteiger partial charge in [-0.25, -0.2) is 0 Å². The average molecular weight is 638 g/mol. The zero-order chi connectivity index (χ0) is 31.3. The molecule has 4 heterocycles. The lowest BCUT2D eigenvalue weighted by atomic mass is 9.91. The third-order valence-electron chi connectivity index (χ3n) is 8.76. The average Bonchev–Trinajstić information content (AvgIpc) is 3.47. The molecule has 0 radical (unpaired) electrons. The lowest BCUT2D eigenvalue weighted by Gasteiger charge is -2.37. The molecule has 2 aliphatic heterocycles. The predicted octanol–water partition coefficient (Wildman–Crippen LogP) is 8.82. The summed E-state index contributed by atoms with van der Waals surface area (Å²) in [5.41, 5.74) is 4.21. The minimum Gasteiger partial charge on any atom is -0.370 e. The van der Waals surface area contributed by atoms with Crippen LogP contribution < -0.4 is 15.1 Å². The standard InChI is InChI=1S/C34H35ClF3N5S/c1-20-15-21(2)19-41(18-20)30-13-12-24(17-27(30)35)43-32(31(40-33(43)44)28-10-7-8-14-39-28)25-16-22(3)42(23(25)4)29-11-6-5-9-26(29)34(36,37)38/h5-14,16-17,20-21,31-32H,15,18-19H2,1-4H3,(H,40,44)/t20-,21+,31-,32-/m0/s1. The Bertz CT molecular complexity index is 1680. The topological polar surface area (TPSA) is 36.3 Å². The number of para-hydroxylation sites is 1. The molecule has 44 heavy (non-hydrogen) atoms. The number of aromatic nitrogens is 2. The largest absolute Gasteiger partial charge is 0.418 e. The van der Waals surface area contributed by atoms with E-state index in [2.05, 4.69) is 35.1 Å². The maximum atomic E-state index is 14.1. The number of nitrogens with zero attached hydrogens (tertiary/aromatic N) is 4. The molecule has 0 bridgehead atoms. The van der Waals surface area contributed by atoms with Crippen molar-refractivity contribution in [2.24, 2.45) is 11.8 Å². The van der Waals surface area contributed by atoms with Crippen LogP contribution in [0.5, 0.6) is 0 Å². The van der Waals surface area contributed by atoms with Gasteiger partial charge < -0.3 is 19.7 Å². The fourth-order valence-corrected chi connectivity index (χ4v) is 7.72. The molecule has 1 N–H and O–H groups in total. The predicted molar refractivity (Wildman–Crippen MR) is 175 cm³/mol. The Morgan fingerprint density at radius 2 is 1.64 bits per heavy atom. The number of aryl methyl sites for hydroxylation is 1. The number of rotatable bonds is 5. The monoisotopic (exact) mass is 637 g/mol. The van der Waals surface area contributed by atoms with Crippen LogP contribution in [0.15, 0.2) is 72.9 Å². The highest BCUT2D eigenvalue weighted by atomic mass is 35.5. The molecule has 4 atom stereocenters. The van der Waals surface area contributed by atoms with Crippen LogP contribution in [0.4, 0.5) is 24.5 Å². The third-order valence-corrected chi connectivity index (χ3v) is 9.37. The van der Waals surface area contributed by atoms with Gasteiger partial charge in [-0.15, -0.1) is 0 Å². The first-order chi connectivity index (χ1) is 20.9. The molecule has 6 rings (SSSR count). The summed E-state index contributed by atoms with van der Waals surface area (Å²) < 4.78 is 44.0. The van der Waals surface area contributed by atoms with Gasteiger partial charge in [-0.05, 0) is 98.4 Å². The second-order valence-corrected chi connectivity index (χ2v) is 13.0. The minimum absolute atomic E-state index is 0.0908. The Morgan fingerprint density at radius 3 is 2.30 bits per heavy atom. The summed E-state index contributed by atoms with van der Waals surface area (Å²) in [6, 6.07) is 18.6. The Kier molecular flexibility index (Phi) is 8.13. The zero-order valence-electron chi connectivity index (χ0n) is 25.1. The fourth-order valence-electron chi connectivity index (χ4n) is 7.08. The fraction of sp³-hybridized carbons (Fsp3) is 0.353. The molecule has 0 aliphatic carbocycles. The van der Waals surface area contributed by atoms with Crippen LogP contribution in [0.1, 0.15) is 60.6 Å². The first kappa shape index (κ1) is 30.5. The van der Waals surface area contributed by atoms with Crippen molar-refractivity contribution in [2.75, 3.05) is 22.9 Å². The van der Waals surface area contributed by atoms with Gasteiger partial charge in [-0.3, -0.25) is 4.98 Å². The number of hydrogen-bond acceptors (Lipinski definition) is 3. The van der Waals surface area contributed by atoms with Gasteiger partial charge in [0.2, 0.25) is 0 Å². The van der Waals surface area contributed by atoms with Crippen LogP contribution in [0.3, 0.4) is 0 Å². The minimum atomic E-state index is -4.50. The number of thiocarbonyl (C=S) groups is 1. The number of anilines is 2. The van der Waals surface area contributed by atoms with E-state index in [-0.39, 0.29) is 11.7 Å². The number of alkyl halides is 3. The number of benzene rings is 2. The molecule has 0 saturated carbocycles. The smallest absolute Gasteiger partial charge is 0.370 e. The summed E-state index contributed by atoms with van der Waals surface area (Å²) in [6.07, 6.45) is -1.57. The van der Waals surface area contributed by atoms with E-state index in [0.29, 0.717) is 33.4 Å². The summed E-state index contributed by atoms with van der Waals surface area (Å²) in [4.78, 5) is 9.01. The normalized spacial score (nSPS) is 22.4. The quantitative estimate of drug-likeness (QED) is 0.221. The third kappa shape index (κ3) is 5.56. The van der Waals surface area contributed by atoms with Crippen LogP contribution in [0.25, 0.3) is 5.69 Å². The van der Waals surface area contributed by atoms with E-state index in [1.165, 1.54) is 18.6 Å². The number of hydrogen-bond donors (Lipinski definition) is 1. The van der Waals surface area contributed by atoms with Gasteiger partial charge in [0.1, 0.15) is 0 Å². The second kappa shape index (κ2) is 11.7. The molecule has 0 spiro atoms. The summed E-state index contributed by atoms with van der Waals surface area (Å²) in [5.74, 6) is 1.15. The SMILES string of the molecule is Cc1cc([C@H]2[C@H](c3ccccn3)NC(=S)N2c2ccc(N3C[C@H](C)C[C@H](C)C3)c(Cl)c2)c(C)n1-c1ccccc1C(F)(F)F. The van der Waals surface area contributed by atoms with Crippen molar-refractivity contribution >= 4 is 40.3 Å². The second-order valence-electron chi connectivity index (χ2n) is 12.2. The van der Waals surface area contributed by atoms with E-state index in [4.69, 9.17) is 23.8 Å². The van der Waals surface area contributed by atoms with E-state index in [1.54, 1.807) is 16.8 Å². The Morgan fingerprint density at radius 1 is 0.932 bits per heavy atom. The molecule has 0 unspecified atom stereocenters. The van der Waals surface area contributed by atoms with E-state index in [9.17, 15) is 13.2 Å². The molecule has 2 saturated heterocycles. The number of nitrogens with one attached hydrogen (secondary N) is 1. The highest BCUT2D eigenvalue weighted by Gasteiger charge is 2.43. The molecule has 0 amide bonds. The first-order valence-electron chi connectivity index (χ1n) is 14.8. The van der Waals surface area contributed by atoms with Gasteiger partial charge in [-0.1, -0.05) is 43.6 Å². The lowest BCUT2D eigenvalue weighted by Crippen LogP contribution is -2.38. The van der Waals surface area contributed by atoms with E-state index >= 15 is 0 Å². The molecule has 2 aromatic heterocycles. The van der Waals surface area contributed by atoms with Gasteiger partial charge in [0.25, 0.3) is 0 Å². The van der Waals surface area contributed by atoms with Crippen molar-refractivity contribution in [1.82, 2.24) is 14.9 Å². The van der Waals surface area contributed by atoms with Gasteiger partial charge in [-0.2, -0.15) is 13.2 Å². The maximum absolute atomic E-state index is 14.1. The number of piperidine rings is 1. The summed E-state index contributed by atoms with van der Waals surface area (Å²) >= 11 is 12.9. The Hall–Kier alpha value is -3.56. The molecule has 2 aliphatic rings. The molecule has 10 heteroatoms. The molecular weight excluding hydrogens is 603 g/mol. The molecule has 230 valence electrons. The molecule has 4 aromatic rings. The van der Waals surface area contributed by atoms with Gasteiger partial charge in [0.15, 0.2) is 5.11 Å². The van der Waals surface area contributed by atoms with Gasteiger partial charge in [0, 0.05) is 36.4 Å². The van der Waals surface area contributed by atoms with Crippen LogP contribution in [-0.2, 0) is 6.18 Å². The van der Waals surface area contributed by atoms with Gasteiger partial charge >= 0.3 is 6.18 Å². The van der Waals surface area contributed by atoms with E-state index in [1.807, 2.05) is 55.1 Å². The first-order valence-corrected chi connectivity index (χ1v) is 15.6. The molecule has 5 nitrogen and oxygen atoms in total. The van der Waals surface area contributed by atoms with Crippen molar-refractivity contribution in [1.29, 1.82) is 0 Å². The van der Waals surface area contributed by atoms with Crippen LogP contribution in [-0.4, -0.2) is 27.8 Å². The van der Waals surface area contributed by atoms with Crippen molar-refractivity contribution in [3.63, 3.8) is 0 Å². The highest BCUT2D eigenvalue weighted by molar-refractivity contribution is 7.80. The highest BCUT2D eigenvalue weighted by Crippen LogP contribution is 2.46. The summed E-state index contributed by atoms with van der Waals surface area (Å²) in [6.45, 7) is 10.1. The number of pyridine rings is 1. The van der Waals surface area contributed by atoms with E-state index in [0.717, 1.165) is 41.8 Å². The Labute approximate surface area is 266 Å². The van der Waals surface area contributed by atoms with Crippen molar-refractivity contribution in [3.8, 4) is 5.69 Å². The van der Waals surface area contributed by atoms with Crippen molar-refractivity contribution in [3.05, 3.63) is 106 Å². The van der Waals surface area contributed by atoms with Crippen molar-refractivity contribution in [2.45, 2.75) is 52.4 Å². The van der Waals surface area contributed by atoms with E-state index < -0.39 is 17.8 Å². The van der Waals surface area contributed by atoms with Crippen LogP contribution in [0, 0.1) is 25.7 Å². The maximum Gasteiger partial charge on any atom is 0.418 e. The molecule has 2 aromatic carbocycles. The summed E-state index contributed by atoms with van der Waals surface area (Å²) in [7, 11) is 0. The molecular formula is C34H35ClF3N5S. The van der Waals surface area contributed by atoms with Gasteiger partial charge in [0.05, 0.1) is 39.7 Å². The van der Waals surface area contributed by atoms with Crippen molar-refractivity contribution < 1.29 is 13.2 Å².